The van der Waals surface area contributed by atoms with E-state index in [1.54, 1.807) is 4.90 Å². The van der Waals surface area contributed by atoms with E-state index in [0.29, 0.717) is 0 Å². The summed E-state index contributed by atoms with van der Waals surface area (Å²) in [6, 6.07) is 6.14. The van der Waals surface area contributed by atoms with E-state index in [0.717, 1.165) is 24.3 Å². The Morgan fingerprint density at radius 2 is 1.73 bits per heavy atom. The first-order valence-electron chi connectivity index (χ1n) is 11.0. The highest BCUT2D eigenvalue weighted by atomic mass is 19.4. The lowest BCUT2D eigenvalue weighted by atomic mass is 9.89. The number of nitrogens with zero attached hydrogens (tertiary/aromatic N) is 2. The van der Waals surface area contributed by atoms with Gasteiger partial charge < -0.3 is 20.1 Å². The molecule has 14 heteroatoms. The molecular formula is C23H21F5N5O4+. The van der Waals surface area contributed by atoms with Gasteiger partial charge in [-0.1, -0.05) is 0 Å². The van der Waals surface area contributed by atoms with Gasteiger partial charge >= 0.3 is 12.3 Å². The Balaban J connectivity index is 1.33. The number of carbonyl (C=O) groups is 2. The van der Waals surface area contributed by atoms with Crippen molar-refractivity contribution in [2.45, 2.75) is 31.2 Å². The van der Waals surface area contributed by atoms with Crippen LogP contribution < -0.4 is 26.1 Å². The number of amides is 2. The fourth-order valence-corrected chi connectivity index (χ4v) is 4.00. The number of carbonyl (C=O) groups excluding carboxylic acids is 2. The molecular weight excluding hydrogens is 505 g/mol. The van der Waals surface area contributed by atoms with Crippen molar-refractivity contribution >= 4 is 29.4 Å². The van der Waals surface area contributed by atoms with Gasteiger partial charge in [0, 0.05) is 30.8 Å². The van der Waals surface area contributed by atoms with E-state index in [9.17, 15) is 31.5 Å². The summed E-state index contributed by atoms with van der Waals surface area (Å²) in [5, 5.41) is 7.87. The Bertz CT molecular complexity index is 1240. The second-order valence-corrected chi connectivity index (χ2v) is 8.39. The predicted molar refractivity (Wildman–Crippen MR) is 119 cm³/mol. The quantitative estimate of drug-likeness (QED) is 0.232. The summed E-state index contributed by atoms with van der Waals surface area (Å²) >= 11 is 0. The predicted octanol–water partition coefficient (Wildman–Crippen LogP) is 1.11. The number of alkyl halides is 3. The molecule has 1 unspecified atom stereocenters. The maximum atomic E-state index is 14.7. The van der Waals surface area contributed by atoms with Crippen LogP contribution in [0.1, 0.15) is 29.9 Å². The molecule has 2 aromatic carbocycles. The first-order chi connectivity index (χ1) is 17.4. The molecule has 0 saturated carbocycles. The Hall–Kier alpha value is -4.23. The van der Waals surface area contributed by atoms with Crippen molar-refractivity contribution in [3.05, 3.63) is 59.2 Å². The monoisotopic (exact) mass is 526 g/mol. The molecule has 0 bridgehead atoms. The number of benzene rings is 2. The second kappa shape index (κ2) is 10.0. The van der Waals surface area contributed by atoms with Gasteiger partial charge in [-0.15, -0.1) is 13.2 Å². The molecule has 4 rings (SSSR count). The molecule has 2 aliphatic rings. The molecule has 2 saturated heterocycles. The highest BCUT2D eigenvalue weighted by molar-refractivity contribution is 6.01. The van der Waals surface area contributed by atoms with E-state index in [1.807, 2.05) is 0 Å². The standard InChI is InChI=1S/C23H20F5N5O4/c24-16-7-13(8-17(25)19(16)15-5-6-18(34)32-21(15)35)33-9-12(10-33)31-22(30)36-20(29)11-1-3-14(4-2-11)37-23(26,27)28/h1-4,7-8,12,15,29H,5-6,9-10H2,(H2,30,31)(H,32,34,35)/p+1. The highest BCUT2D eigenvalue weighted by Crippen LogP contribution is 2.33. The number of aliphatic imine (C=N–C) groups is 1. The number of ether oxygens (including phenoxy) is 2. The summed E-state index contributed by atoms with van der Waals surface area (Å²) in [6.07, 6.45) is -4.82. The van der Waals surface area contributed by atoms with Crippen LogP contribution in [-0.2, 0) is 14.3 Å². The van der Waals surface area contributed by atoms with Crippen LogP contribution in [-0.4, -0.2) is 49.2 Å². The number of nitrogens with two attached hydrogens (primary N) is 2. The van der Waals surface area contributed by atoms with E-state index in [4.69, 9.17) is 15.9 Å². The Morgan fingerprint density at radius 1 is 1.11 bits per heavy atom. The summed E-state index contributed by atoms with van der Waals surface area (Å²) in [7, 11) is 0. The van der Waals surface area contributed by atoms with E-state index in [1.165, 1.54) is 12.1 Å². The largest absolute Gasteiger partial charge is 0.573 e. The van der Waals surface area contributed by atoms with Gasteiger partial charge in [-0.05, 0) is 42.8 Å². The van der Waals surface area contributed by atoms with E-state index >= 15 is 0 Å². The zero-order valence-electron chi connectivity index (χ0n) is 19.0. The van der Waals surface area contributed by atoms with Crippen LogP contribution in [0.4, 0.5) is 27.6 Å². The highest BCUT2D eigenvalue weighted by Gasteiger charge is 2.34. The Kier molecular flexibility index (Phi) is 7.01. The molecule has 0 aliphatic carbocycles. The average molecular weight is 526 g/mol. The Labute approximate surface area is 206 Å². The molecule has 0 aromatic heterocycles. The van der Waals surface area contributed by atoms with Gasteiger partial charge in [0.2, 0.25) is 11.8 Å². The lowest BCUT2D eigenvalue weighted by Gasteiger charge is -2.39. The van der Waals surface area contributed by atoms with Gasteiger partial charge in [0.15, 0.2) is 0 Å². The molecule has 2 heterocycles. The van der Waals surface area contributed by atoms with E-state index in [2.05, 4.69) is 15.0 Å². The number of anilines is 1. The van der Waals surface area contributed by atoms with Crippen LogP contribution in [0.25, 0.3) is 0 Å². The van der Waals surface area contributed by atoms with Crippen LogP contribution in [0.2, 0.25) is 0 Å². The number of imide groups is 1. The number of hydrogen-bond acceptors (Lipinski definition) is 6. The van der Waals surface area contributed by atoms with Gasteiger partial charge in [0.1, 0.15) is 17.4 Å². The zero-order valence-corrected chi connectivity index (χ0v) is 19.0. The molecule has 2 fully saturated rings. The van der Waals surface area contributed by atoms with Crippen molar-refractivity contribution in [2.75, 3.05) is 18.0 Å². The maximum absolute atomic E-state index is 14.7. The fourth-order valence-electron chi connectivity index (χ4n) is 4.00. The molecule has 5 N–H and O–H groups in total. The lowest BCUT2D eigenvalue weighted by Crippen LogP contribution is -2.51. The van der Waals surface area contributed by atoms with Crippen molar-refractivity contribution in [2.24, 2.45) is 10.7 Å². The van der Waals surface area contributed by atoms with Gasteiger partial charge in [0.25, 0.3) is 6.02 Å². The third-order valence-corrected chi connectivity index (χ3v) is 5.78. The Morgan fingerprint density at radius 3 is 2.30 bits per heavy atom. The van der Waals surface area contributed by atoms with Crippen LogP contribution in [0.5, 0.6) is 5.75 Å². The fraction of sp³-hybridized carbons (Fsp3) is 0.304. The van der Waals surface area contributed by atoms with Gasteiger partial charge in [-0.2, -0.15) is 0 Å². The molecule has 37 heavy (non-hydrogen) atoms. The maximum Gasteiger partial charge on any atom is 0.573 e. The molecule has 0 spiro atoms. The normalized spacial score (nSPS) is 18.8. The smallest absolute Gasteiger partial charge is 0.406 e. The molecule has 2 aliphatic heterocycles. The van der Waals surface area contributed by atoms with Crippen LogP contribution in [0.15, 0.2) is 41.4 Å². The molecule has 2 aromatic rings. The second-order valence-electron chi connectivity index (χ2n) is 8.39. The average Bonchev–Trinajstić information content (AvgIpc) is 2.76. The first kappa shape index (κ1) is 25.9. The summed E-state index contributed by atoms with van der Waals surface area (Å²) in [5.41, 5.74) is 5.84. The van der Waals surface area contributed by atoms with Gasteiger partial charge in [-0.3, -0.25) is 14.9 Å². The van der Waals surface area contributed by atoms with E-state index < -0.39 is 41.5 Å². The molecule has 196 valence electrons. The minimum atomic E-state index is -4.83. The molecule has 2 amide bonds. The van der Waals surface area contributed by atoms with Crippen LogP contribution in [0, 0.1) is 11.6 Å². The summed E-state index contributed by atoms with van der Waals surface area (Å²) in [5.74, 6) is -4.74. The number of nitrogens with one attached hydrogen (secondary N) is 1. The van der Waals surface area contributed by atoms with Crippen LogP contribution in [0.3, 0.4) is 0 Å². The summed E-state index contributed by atoms with van der Waals surface area (Å²) in [4.78, 5) is 29.1. The van der Waals surface area contributed by atoms with Crippen molar-refractivity contribution < 1.29 is 46.4 Å². The minimum absolute atomic E-state index is 0.00787. The number of piperidine rings is 1. The van der Waals surface area contributed by atoms with Gasteiger partial charge in [-0.25, -0.2) is 19.2 Å². The van der Waals surface area contributed by atoms with Crippen molar-refractivity contribution in [1.29, 1.82) is 0 Å². The van der Waals surface area contributed by atoms with Crippen molar-refractivity contribution in [3.8, 4) is 5.75 Å². The SMILES string of the molecule is NC(=NC1CN(c2cc(F)c(C3CCC(=O)NC3=O)c(F)c2)C1)OC(=[NH2+])c1ccc(OC(F)(F)F)cc1. The molecule has 0 radical (unpaired) electrons. The number of hydrogen-bond donors (Lipinski definition) is 3. The minimum Gasteiger partial charge on any atom is -0.406 e. The number of rotatable bonds is 5. The number of halogens is 5. The van der Waals surface area contributed by atoms with Crippen molar-refractivity contribution in [1.82, 2.24) is 5.32 Å². The zero-order chi connectivity index (χ0) is 26.9. The third kappa shape index (κ3) is 6.13. The third-order valence-electron chi connectivity index (χ3n) is 5.78. The summed E-state index contributed by atoms with van der Waals surface area (Å²) < 4.78 is 75.2. The van der Waals surface area contributed by atoms with Crippen LogP contribution >= 0.6 is 0 Å². The first-order valence-corrected chi connectivity index (χ1v) is 11.0. The van der Waals surface area contributed by atoms with Crippen molar-refractivity contribution in [3.63, 3.8) is 0 Å². The summed E-state index contributed by atoms with van der Waals surface area (Å²) in [6.45, 7) is 0.508. The van der Waals surface area contributed by atoms with Gasteiger partial charge in [0.05, 0.1) is 17.5 Å². The molecule has 1 atom stereocenters. The molecule has 9 nitrogen and oxygen atoms in total. The lowest BCUT2D eigenvalue weighted by molar-refractivity contribution is -0.274. The van der Waals surface area contributed by atoms with E-state index in [-0.39, 0.29) is 60.7 Å². The topological polar surface area (TPSA) is 132 Å². The number of amidine groups is 1.